The van der Waals surface area contributed by atoms with Crippen LogP contribution < -0.4 is 10.6 Å². The van der Waals surface area contributed by atoms with E-state index < -0.39 is 5.82 Å². The van der Waals surface area contributed by atoms with Crippen LogP contribution in [0.2, 0.25) is 0 Å². The number of rotatable bonds is 7. The van der Waals surface area contributed by atoms with Crippen molar-refractivity contribution >= 4 is 29.7 Å². The first-order chi connectivity index (χ1) is 14.8. The smallest absolute Gasteiger partial charge is 0.251 e. The second-order valence-electron chi connectivity index (χ2n) is 7.11. The molecule has 1 heterocycles. The number of hydrogen-bond acceptors (Lipinski definition) is 4. The van der Waals surface area contributed by atoms with E-state index in [0.717, 1.165) is 11.1 Å². The van der Waals surface area contributed by atoms with Crippen LogP contribution in [0.4, 0.5) is 10.1 Å². The van der Waals surface area contributed by atoms with Gasteiger partial charge in [0, 0.05) is 17.8 Å². The highest BCUT2D eigenvalue weighted by molar-refractivity contribution is 7.71. The molecular formula is C22H24FN5O2S. The van der Waals surface area contributed by atoms with Crippen molar-refractivity contribution < 1.29 is 14.0 Å². The molecule has 0 radical (unpaired) electrons. The molecule has 3 rings (SSSR count). The summed E-state index contributed by atoms with van der Waals surface area (Å²) in [5, 5.41) is 9.96. The fourth-order valence-electron chi connectivity index (χ4n) is 3.17. The van der Waals surface area contributed by atoms with Gasteiger partial charge in [-0.3, -0.25) is 9.59 Å². The summed E-state index contributed by atoms with van der Waals surface area (Å²) in [6, 6.07) is 11.5. The summed E-state index contributed by atoms with van der Waals surface area (Å²) in [6.07, 6.45) is 0. The summed E-state index contributed by atoms with van der Waals surface area (Å²) in [5.41, 5.74) is 2.62. The van der Waals surface area contributed by atoms with Crippen LogP contribution in [0.15, 0.2) is 42.5 Å². The summed E-state index contributed by atoms with van der Waals surface area (Å²) in [6.45, 7) is 6.14. The van der Waals surface area contributed by atoms with Gasteiger partial charge in [-0.05, 0) is 62.3 Å². The first-order valence-corrected chi connectivity index (χ1v) is 10.3. The monoisotopic (exact) mass is 441 g/mol. The van der Waals surface area contributed by atoms with Crippen LogP contribution in [0, 0.1) is 24.4 Å². The van der Waals surface area contributed by atoms with E-state index in [1.807, 2.05) is 32.0 Å². The first kappa shape index (κ1) is 22.4. The average molecular weight is 442 g/mol. The predicted molar refractivity (Wildman–Crippen MR) is 119 cm³/mol. The van der Waals surface area contributed by atoms with E-state index >= 15 is 0 Å². The number of amides is 2. The van der Waals surface area contributed by atoms with Gasteiger partial charge in [0.1, 0.15) is 12.4 Å². The number of halogens is 1. The number of anilines is 1. The molecule has 3 aromatic rings. The number of benzene rings is 2. The molecule has 7 nitrogen and oxygen atoms in total. The zero-order valence-corrected chi connectivity index (χ0v) is 18.4. The molecule has 2 N–H and O–H groups in total. The highest BCUT2D eigenvalue weighted by atomic mass is 32.1. The standard InChI is InChI=1S/C22H24FN5O2S/c1-4-27-19(12-24-21(30)17-8-6-5-7-14(17)2)26-28(22(27)31)13-20(29)25-18-11-16(23)10-9-15(18)3/h5-11H,4,12-13H2,1-3H3,(H,24,30)(H,25,29). The van der Waals surface area contributed by atoms with Gasteiger partial charge >= 0.3 is 0 Å². The number of hydrogen-bond donors (Lipinski definition) is 2. The van der Waals surface area contributed by atoms with Gasteiger partial charge in [-0.1, -0.05) is 24.3 Å². The maximum Gasteiger partial charge on any atom is 0.251 e. The van der Waals surface area contributed by atoms with Crippen LogP contribution in [0.25, 0.3) is 0 Å². The highest BCUT2D eigenvalue weighted by Gasteiger charge is 2.15. The zero-order chi connectivity index (χ0) is 22.5. The lowest BCUT2D eigenvalue weighted by molar-refractivity contribution is -0.116. The molecule has 0 saturated heterocycles. The summed E-state index contributed by atoms with van der Waals surface area (Å²) < 4.78 is 17.0. The molecule has 0 aliphatic heterocycles. The molecule has 2 aromatic carbocycles. The van der Waals surface area contributed by atoms with Gasteiger partial charge in [0.15, 0.2) is 10.6 Å². The van der Waals surface area contributed by atoms with Gasteiger partial charge in [0.2, 0.25) is 5.91 Å². The molecule has 1 aromatic heterocycles. The highest BCUT2D eigenvalue weighted by Crippen LogP contribution is 2.16. The third kappa shape index (κ3) is 5.24. The third-order valence-corrected chi connectivity index (χ3v) is 5.31. The summed E-state index contributed by atoms with van der Waals surface area (Å²) in [5.74, 6) is -0.467. The summed E-state index contributed by atoms with van der Waals surface area (Å²) >= 11 is 5.45. The van der Waals surface area contributed by atoms with Crippen LogP contribution in [0.5, 0.6) is 0 Å². The molecule has 0 aliphatic rings. The topological polar surface area (TPSA) is 81.0 Å². The molecule has 0 spiro atoms. The van der Waals surface area contributed by atoms with Crippen LogP contribution in [-0.2, 0) is 24.4 Å². The normalized spacial score (nSPS) is 10.7. The molecule has 0 bridgehead atoms. The Hall–Kier alpha value is -3.33. The second kappa shape index (κ2) is 9.65. The minimum absolute atomic E-state index is 0.124. The fourth-order valence-corrected chi connectivity index (χ4v) is 3.51. The number of nitrogens with zero attached hydrogens (tertiary/aromatic N) is 3. The van der Waals surface area contributed by atoms with E-state index in [2.05, 4.69) is 15.7 Å². The minimum atomic E-state index is -0.431. The molecule has 0 saturated carbocycles. The molecule has 31 heavy (non-hydrogen) atoms. The van der Waals surface area contributed by atoms with E-state index in [4.69, 9.17) is 12.2 Å². The Bertz CT molecular complexity index is 1180. The van der Waals surface area contributed by atoms with Crippen molar-refractivity contribution in [1.29, 1.82) is 0 Å². The van der Waals surface area contributed by atoms with Gasteiger partial charge in [-0.2, -0.15) is 5.10 Å². The lowest BCUT2D eigenvalue weighted by Crippen LogP contribution is -2.25. The number of carbonyl (C=O) groups is 2. The lowest BCUT2D eigenvalue weighted by Gasteiger charge is -2.08. The molecule has 0 fully saturated rings. The van der Waals surface area contributed by atoms with Crippen molar-refractivity contribution in [2.45, 2.75) is 40.4 Å². The van der Waals surface area contributed by atoms with E-state index in [1.165, 1.54) is 16.8 Å². The third-order valence-electron chi connectivity index (χ3n) is 4.88. The van der Waals surface area contributed by atoms with Crippen LogP contribution in [-0.4, -0.2) is 26.2 Å². The van der Waals surface area contributed by atoms with Crippen molar-refractivity contribution in [3.63, 3.8) is 0 Å². The molecule has 0 aliphatic carbocycles. The molecule has 0 unspecified atom stereocenters. The largest absolute Gasteiger partial charge is 0.345 e. The van der Waals surface area contributed by atoms with Crippen LogP contribution >= 0.6 is 12.2 Å². The first-order valence-electron chi connectivity index (χ1n) is 9.86. The SMILES string of the molecule is CCn1c(CNC(=O)c2ccccc2C)nn(CC(=O)Nc2cc(F)ccc2C)c1=S. The average Bonchev–Trinajstić information content (AvgIpc) is 3.03. The molecule has 162 valence electrons. The maximum absolute atomic E-state index is 13.5. The Labute approximate surface area is 184 Å². The lowest BCUT2D eigenvalue weighted by atomic mass is 10.1. The maximum atomic E-state index is 13.5. The van der Waals surface area contributed by atoms with E-state index in [0.29, 0.717) is 28.4 Å². The van der Waals surface area contributed by atoms with Gasteiger partial charge in [-0.15, -0.1) is 0 Å². The fraction of sp³-hybridized carbons (Fsp3) is 0.273. The van der Waals surface area contributed by atoms with Crippen molar-refractivity contribution in [3.8, 4) is 0 Å². The van der Waals surface area contributed by atoms with E-state index in [-0.39, 0.29) is 24.9 Å². The number of carbonyl (C=O) groups excluding carboxylic acids is 2. The van der Waals surface area contributed by atoms with Gasteiger partial charge in [0.25, 0.3) is 5.91 Å². The summed E-state index contributed by atoms with van der Waals surface area (Å²) in [7, 11) is 0. The van der Waals surface area contributed by atoms with Crippen LogP contribution in [0.3, 0.4) is 0 Å². The molecule has 0 atom stereocenters. The summed E-state index contributed by atoms with van der Waals surface area (Å²) in [4.78, 5) is 25.0. The van der Waals surface area contributed by atoms with Crippen molar-refractivity contribution in [2.75, 3.05) is 5.32 Å². The van der Waals surface area contributed by atoms with E-state index in [9.17, 15) is 14.0 Å². The quantitative estimate of drug-likeness (QED) is 0.547. The Morgan fingerprint density at radius 3 is 2.58 bits per heavy atom. The number of aromatic nitrogens is 3. The molecule has 9 heteroatoms. The number of aryl methyl sites for hydroxylation is 2. The van der Waals surface area contributed by atoms with Crippen LogP contribution in [0.1, 0.15) is 34.2 Å². The predicted octanol–water partition coefficient (Wildman–Crippen LogP) is 3.76. The molecule has 2 amide bonds. The van der Waals surface area contributed by atoms with Crippen molar-refractivity contribution in [3.05, 3.63) is 75.6 Å². The van der Waals surface area contributed by atoms with Crippen molar-refractivity contribution in [2.24, 2.45) is 0 Å². The Morgan fingerprint density at radius 2 is 1.87 bits per heavy atom. The molecular weight excluding hydrogens is 417 g/mol. The van der Waals surface area contributed by atoms with Crippen molar-refractivity contribution in [1.82, 2.24) is 19.7 Å². The minimum Gasteiger partial charge on any atom is -0.345 e. The Kier molecular flexibility index (Phi) is 6.96. The van der Waals surface area contributed by atoms with Gasteiger partial charge < -0.3 is 15.2 Å². The Morgan fingerprint density at radius 1 is 1.13 bits per heavy atom. The Balaban J connectivity index is 1.72. The van der Waals surface area contributed by atoms with Gasteiger partial charge in [-0.25, -0.2) is 9.07 Å². The zero-order valence-electron chi connectivity index (χ0n) is 17.6. The van der Waals surface area contributed by atoms with E-state index in [1.54, 1.807) is 23.6 Å². The van der Waals surface area contributed by atoms with Gasteiger partial charge in [0.05, 0.1) is 6.54 Å². The number of nitrogens with one attached hydrogen (secondary N) is 2. The second-order valence-corrected chi connectivity index (χ2v) is 7.47.